The lowest BCUT2D eigenvalue weighted by Gasteiger charge is -2.07. The van der Waals surface area contributed by atoms with Gasteiger partial charge < -0.3 is 0 Å². The summed E-state index contributed by atoms with van der Waals surface area (Å²) in [5.74, 6) is 0.102. The smallest absolute Gasteiger partial charge is 0.194 e. The van der Waals surface area contributed by atoms with Crippen molar-refractivity contribution in [3.05, 3.63) is 68.7 Å². The molecule has 0 heterocycles. The Morgan fingerprint density at radius 2 is 1.84 bits per heavy atom. The molecule has 0 spiro atoms. The summed E-state index contributed by atoms with van der Waals surface area (Å²) in [5.41, 5.74) is 5.40. The molecule has 2 heteroatoms. The molecule has 1 aliphatic carbocycles. The van der Waals surface area contributed by atoms with E-state index in [2.05, 4.69) is 28.1 Å². The van der Waals surface area contributed by atoms with Gasteiger partial charge in [0, 0.05) is 15.6 Å². The molecule has 0 N–H and O–H groups in total. The molecule has 0 saturated carbocycles. The van der Waals surface area contributed by atoms with E-state index in [-0.39, 0.29) is 5.78 Å². The highest BCUT2D eigenvalue weighted by Crippen LogP contribution is 2.26. The fourth-order valence-electron chi connectivity index (χ4n) is 2.68. The Morgan fingerprint density at radius 1 is 1.05 bits per heavy atom. The first-order valence-corrected chi connectivity index (χ1v) is 7.37. The van der Waals surface area contributed by atoms with E-state index in [4.69, 9.17) is 0 Å². The maximum Gasteiger partial charge on any atom is 0.194 e. The normalized spacial score (nSPS) is 13.4. The second-order valence-corrected chi connectivity index (χ2v) is 6.00. The van der Waals surface area contributed by atoms with Gasteiger partial charge in [0.2, 0.25) is 0 Å². The number of ketones is 1. The molecule has 0 atom stereocenters. The first kappa shape index (κ1) is 12.6. The first-order chi connectivity index (χ1) is 9.15. The number of halogens is 1. The largest absolute Gasteiger partial charge is 0.289 e. The Hall–Kier alpha value is -1.41. The number of hydrogen-bond acceptors (Lipinski definition) is 1. The van der Waals surface area contributed by atoms with Crippen LogP contribution in [0.15, 0.2) is 40.9 Å². The number of carbonyl (C=O) groups is 1. The fourth-order valence-corrected chi connectivity index (χ4v) is 3.11. The molecule has 0 saturated heterocycles. The van der Waals surface area contributed by atoms with Crippen LogP contribution in [0.2, 0.25) is 0 Å². The molecule has 0 bridgehead atoms. The van der Waals surface area contributed by atoms with E-state index < -0.39 is 0 Å². The number of rotatable bonds is 2. The summed E-state index contributed by atoms with van der Waals surface area (Å²) < 4.78 is 0.864. The van der Waals surface area contributed by atoms with Crippen molar-refractivity contribution in [3.63, 3.8) is 0 Å². The predicted molar refractivity (Wildman–Crippen MR) is 80.8 cm³/mol. The zero-order valence-corrected chi connectivity index (χ0v) is 12.5. The van der Waals surface area contributed by atoms with Gasteiger partial charge in [-0.3, -0.25) is 4.79 Å². The molecular weight excluding hydrogens is 300 g/mol. The third-order valence-electron chi connectivity index (χ3n) is 3.73. The van der Waals surface area contributed by atoms with Crippen LogP contribution in [-0.4, -0.2) is 5.78 Å². The van der Waals surface area contributed by atoms with Crippen molar-refractivity contribution < 1.29 is 4.79 Å². The van der Waals surface area contributed by atoms with Crippen LogP contribution in [-0.2, 0) is 12.8 Å². The Balaban J connectivity index is 2.02. The lowest BCUT2D eigenvalue weighted by molar-refractivity contribution is 0.103. The van der Waals surface area contributed by atoms with Crippen LogP contribution in [0.4, 0.5) is 0 Å². The SMILES string of the molecule is Cc1ccc(Br)c(C(=O)c2ccc3c(c2)CCC3)c1. The zero-order valence-electron chi connectivity index (χ0n) is 10.9. The minimum absolute atomic E-state index is 0.102. The van der Waals surface area contributed by atoms with Gasteiger partial charge in [-0.15, -0.1) is 0 Å². The predicted octanol–water partition coefficient (Wildman–Crippen LogP) is 4.48. The van der Waals surface area contributed by atoms with Crippen LogP contribution < -0.4 is 0 Å². The van der Waals surface area contributed by atoms with Gasteiger partial charge >= 0.3 is 0 Å². The van der Waals surface area contributed by atoms with Crippen LogP contribution in [0.3, 0.4) is 0 Å². The highest BCUT2D eigenvalue weighted by atomic mass is 79.9. The lowest BCUT2D eigenvalue weighted by Crippen LogP contribution is -2.03. The molecule has 96 valence electrons. The van der Waals surface area contributed by atoms with Gasteiger partial charge in [-0.2, -0.15) is 0 Å². The molecule has 1 aliphatic rings. The van der Waals surface area contributed by atoms with Crippen LogP contribution in [0, 0.1) is 6.92 Å². The van der Waals surface area contributed by atoms with Crippen molar-refractivity contribution in [1.29, 1.82) is 0 Å². The van der Waals surface area contributed by atoms with Crippen molar-refractivity contribution in [2.24, 2.45) is 0 Å². The Bertz CT molecular complexity index is 658. The molecule has 0 amide bonds. The van der Waals surface area contributed by atoms with Crippen LogP contribution in [0.5, 0.6) is 0 Å². The van der Waals surface area contributed by atoms with Gasteiger partial charge in [-0.05, 0) is 55.5 Å². The topological polar surface area (TPSA) is 17.1 Å². The highest BCUT2D eigenvalue weighted by Gasteiger charge is 2.16. The average molecular weight is 315 g/mol. The molecule has 1 nitrogen and oxygen atoms in total. The third kappa shape index (κ3) is 2.37. The molecule has 0 aromatic heterocycles. The summed E-state index contributed by atoms with van der Waals surface area (Å²) in [6.45, 7) is 2.01. The summed E-state index contributed by atoms with van der Waals surface area (Å²) in [4.78, 5) is 12.6. The van der Waals surface area contributed by atoms with Crippen molar-refractivity contribution in [2.75, 3.05) is 0 Å². The maximum absolute atomic E-state index is 12.6. The van der Waals surface area contributed by atoms with Crippen LogP contribution >= 0.6 is 15.9 Å². The van der Waals surface area contributed by atoms with E-state index in [0.29, 0.717) is 0 Å². The summed E-state index contributed by atoms with van der Waals surface area (Å²) in [6, 6.07) is 12.0. The molecule has 2 aromatic carbocycles. The molecule has 2 aromatic rings. The van der Waals surface area contributed by atoms with E-state index in [1.54, 1.807) is 0 Å². The first-order valence-electron chi connectivity index (χ1n) is 6.58. The van der Waals surface area contributed by atoms with Gasteiger partial charge in [0.15, 0.2) is 5.78 Å². The van der Waals surface area contributed by atoms with Crippen LogP contribution in [0.1, 0.15) is 39.0 Å². The van der Waals surface area contributed by atoms with Crippen molar-refractivity contribution in [2.45, 2.75) is 26.2 Å². The monoisotopic (exact) mass is 314 g/mol. The van der Waals surface area contributed by atoms with E-state index in [1.807, 2.05) is 31.2 Å². The quantitative estimate of drug-likeness (QED) is 0.747. The molecule has 0 fully saturated rings. The summed E-state index contributed by atoms with van der Waals surface area (Å²) in [6.07, 6.45) is 3.46. The summed E-state index contributed by atoms with van der Waals surface area (Å²) >= 11 is 3.47. The second kappa shape index (κ2) is 4.93. The van der Waals surface area contributed by atoms with Gasteiger partial charge in [0.05, 0.1) is 0 Å². The third-order valence-corrected chi connectivity index (χ3v) is 4.42. The number of aryl methyl sites for hydroxylation is 3. The van der Waals surface area contributed by atoms with Gasteiger partial charge in [0.25, 0.3) is 0 Å². The zero-order chi connectivity index (χ0) is 13.4. The summed E-state index contributed by atoms with van der Waals surface area (Å²) in [5, 5.41) is 0. The Morgan fingerprint density at radius 3 is 2.68 bits per heavy atom. The Labute approximate surface area is 121 Å². The van der Waals surface area contributed by atoms with Gasteiger partial charge in [-0.25, -0.2) is 0 Å². The van der Waals surface area contributed by atoms with Gasteiger partial charge in [0.1, 0.15) is 0 Å². The lowest BCUT2D eigenvalue weighted by atomic mass is 9.98. The number of benzene rings is 2. The standard InChI is InChI=1S/C17H15BrO/c1-11-5-8-16(18)15(9-11)17(19)14-7-6-12-3-2-4-13(12)10-14/h5-10H,2-4H2,1H3. The fraction of sp³-hybridized carbons (Fsp3) is 0.235. The average Bonchev–Trinajstić information content (AvgIpc) is 2.88. The van der Waals surface area contributed by atoms with Crippen molar-refractivity contribution in [1.82, 2.24) is 0 Å². The molecule has 0 aliphatic heterocycles. The molecule has 0 radical (unpaired) electrons. The van der Waals surface area contributed by atoms with E-state index >= 15 is 0 Å². The minimum atomic E-state index is 0.102. The number of hydrogen-bond donors (Lipinski definition) is 0. The van der Waals surface area contributed by atoms with Gasteiger partial charge in [-0.1, -0.05) is 39.7 Å². The molecule has 19 heavy (non-hydrogen) atoms. The molecular formula is C17H15BrO. The summed E-state index contributed by atoms with van der Waals surface area (Å²) in [7, 11) is 0. The van der Waals surface area contributed by atoms with Crippen molar-refractivity contribution in [3.8, 4) is 0 Å². The second-order valence-electron chi connectivity index (χ2n) is 5.15. The minimum Gasteiger partial charge on any atom is -0.289 e. The highest BCUT2D eigenvalue weighted by molar-refractivity contribution is 9.10. The van der Waals surface area contributed by atoms with E-state index in [0.717, 1.165) is 34.0 Å². The number of carbonyl (C=O) groups excluding carboxylic acids is 1. The number of fused-ring (bicyclic) bond motifs is 1. The van der Waals surface area contributed by atoms with E-state index in [9.17, 15) is 4.79 Å². The van der Waals surface area contributed by atoms with Crippen LogP contribution in [0.25, 0.3) is 0 Å². The molecule has 3 rings (SSSR count). The Kier molecular flexibility index (Phi) is 3.28. The van der Waals surface area contributed by atoms with E-state index in [1.165, 1.54) is 17.5 Å². The van der Waals surface area contributed by atoms with Crippen molar-refractivity contribution >= 4 is 21.7 Å². The maximum atomic E-state index is 12.6. The molecule has 0 unspecified atom stereocenters.